The van der Waals surface area contributed by atoms with Crippen molar-refractivity contribution in [2.24, 2.45) is 0 Å². The van der Waals surface area contributed by atoms with Gasteiger partial charge in [0.15, 0.2) is 0 Å². The van der Waals surface area contributed by atoms with Gasteiger partial charge in [-0.05, 0) is 60.7 Å². The van der Waals surface area contributed by atoms with Crippen molar-refractivity contribution < 1.29 is 16.8 Å². The van der Waals surface area contributed by atoms with E-state index in [1.165, 1.54) is 7.94 Å². The quantitative estimate of drug-likeness (QED) is 0.251. The lowest BCUT2D eigenvalue weighted by molar-refractivity contribution is 0.587. The fourth-order valence-corrected chi connectivity index (χ4v) is 7.69. The molecule has 0 aliphatic rings. The molecular weight excluding hydrogens is 516 g/mol. The SMILES string of the molecule is O=S(=O)(c1ccccc1)n1c(C=Cc2cc3ccccc3n2S(=O)(=O)c2ccccc2)cc2ccccc21. The van der Waals surface area contributed by atoms with Gasteiger partial charge in [0.05, 0.1) is 32.2 Å². The molecule has 2 aromatic heterocycles. The van der Waals surface area contributed by atoms with Gasteiger partial charge in [0.1, 0.15) is 0 Å². The standard InChI is InChI=1S/C30H22N2O4S2/c33-37(34,27-13-3-1-4-14-27)31-25(21-23-11-7-9-17-29(23)31)19-20-26-22-24-12-8-10-18-30(24)32(26)38(35,36)28-15-5-2-6-16-28/h1-22H. The van der Waals surface area contributed by atoms with Crippen molar-refractivity contribution in [3.63, 3.8) is 0 Å². The van der Waals surface area contributed by atoms with Crippen LogP contribution in [0.3, 0.4) is 0 Å². The fraction of sp³-hybridized carbons (Fsp3) is 0. The van der Waals surface area contributed by atoms with Crippen molar-refractivity contribution in [3.8, 4) is 0 Å². The summed E-state index contributed by atoms with van der Waals surface area (Å²) in [6.45, 7) is 0. The number of fused-ring (bicyclic) bond motifs is 2. The molecule has 0 spiro atoms. The van der Waals surface area contributed by atoms with Gasteiger partial charge in [-0.3, -0.25) is 0 Å². The van der Waals surface area contributed by atoms with Crippen molar-refractivity contribution in [1.82, 2.24) is 7.94 Å². The highest BCUT2D eigenvalue weighted by Crippen LogP contribution is 2.30. The summed E-state index contributed by atoms with van der Waals surface area (Å²) in [6, 6.07) is 34.5. The summed E-state index contributed by atoms with van der Waals surface area (Å²) in [5.74, 6) is 0. The molecule has 0 fully saturated rings. The lowest BCUT2D eigenvalue weighted by Gasteiger charge is -2.11. The van der Waals surface area contributed by atoms with Gasteiger partial charge in [0, 0.05) is 10.8 Å². The Morgan fingerprint density at radius 2 is 0.789 bits per heavy atom. The molecule has 8 heteroatoms. The van der Waals surface area contributed by atoms with E-state index < -0.39 is 20.0 Å². The van der Waals surface area contributed by atoms with Crippen LogP contribution in [0.15, 0.2) is 131 Å². The van der Waals surface area contributed by atoms with E-state index in [4.69, 9.17) is 0 Å². The first kappa shape index (κ1) is 24.0. The summed E-state index contributed by atoms with van der Waals surface area (Å²) >= 11 is 0. The predicted octanol–water partition coefficient (Wildman–Crippen LogP) is 6.24. The third-order valence-electron chi connectivity index (χ3n) is 6.37. The number of rotatable bonds is 6. The van der Waals surface area contributed by atoms with E-state index in [1.807, 2.05) is 24.3 Å². The monoisotopic (exact) mass is 538 g/mol. The molecule has 38 heavy (non-hydrogen) atoms. The summed E-state index contributed by atoms with van der Waals surface area (Å²) < 4.78 is 57.5. The highest BCUT2D eigenvalue weighted by molar-refractivity contribution is 7.90. The smallest absolute Gasteiger partial charge is 0.234 e. The molecule has 0 unspecified atom stereocenters. The second kappa shape index (κ2) is 9.16. The molecule has 6 nitrogen and oxygen atoms in total. The van der Waals surface area contributed by atoms with Crippen LogP contribution >= 0.6 is 0 Å². The van der Waals surface area contributed by atoms with Crippen molar-refractivity contribution in [1.29, 1.82) is 0 Å². The maximum atomic E-state index is 13.7. The van der Waals surface area contributed by atoms with E-state index >= 15 is 0 Å². The zero-order valence-corrected chi connectivity index (χ0v) is 21.7. The Balaban J connectivity index is 1.56. The predicted molar refractivity (Wildman–Crippen MR) is 151 cm³/mol. The van der Waals surface area contributed by atoms with E-state index in [1.54, 1.807) is 109 Å². The summed E-state index contributed by atoms with van der Waals surface area (Å²) in [4.78, 5) is 0.327. The maximum absolute atomic E-state index is 13.7. The van der Waals surface area contributed by atoms with Crippen LogP contribution in [0.25, 0.3) is 34.0 Å². The van der Waals surface area contributed by atoms with Crippen LogP contribution in [0.5, 0.6) is 0 Å². The summed E-state index contributed by atoms with van der Waals surface area (Å²) in [5.41, 5.74) is 1.88. The third kappa shape index (κ3) is 3.95. The van der Waals surface area contributed by atoms with Crippen LogP contribution in [0.2, 0.25) is 0 Å². The molecule has 0 aliphatic heterocycles. The van der Waals surface area contributed by atoms with Crippen LogP contribution < -0.4 is 0 Å². The van der Waals surface area contributed by atoms with Gasteiger partial charge in [-0.25, -0.2) is 24.8 Å². The van der Waals surface area contributed by atoms with Gasteiger partial charge in [-0.1, -0.05) is 72.8 Å². The molecule has 0 N–H and O–H groups in total. The highest BCUT2D eigenvalue weighted by atomic mass is 32.2. The molecule has 0 aliphatic carbocycles. The average molecular weight is 539 g/mol. The van der Waals surface area contributed by atoms with Crippen LogP contribution in [0, 0.1) is 0 Å². The molecule has 6 aromatic rings. The topological polar surface area (TPSA) is 78.1 Å². The highest BCUT2D eigenvalue weighted by Gasteiger charge is 2.24. The van der Waals surface area contributed by atoms with Crippen molar-refractivity contribution in [2.75, 3.05) is 0 Å². The summed E-state index contributed by atoms with van der Waals surface area (Å²) in [6.07, 6.45) is 3.29. The maximum Gasteiger partial charge on any atom is 0.268 e. The third-order valence-corrected chi connectivity index (χ3v) is 9.89. The number of hydrogen-bond donors (Lipinski definition) is 0. The van der Waals surface area contributed by atoms with Gasteiger partial charge in [0.2, 0.25) is 0 Å². The van der Waals surface area contributed by atoms with Crippen LogP contribution in [0.4, 0.5) is 0 Å². The largest absolute Gasteiger partial charge is 0.268 e. The molecule has 0 saturated carbocycles. The number of aromatic nitrogens is 2. The van der Waals surface area contributed by atoms with Gasteiger partial charge in [-0.15, -0.1) is 0 Å². The van der Waals surface area contributed by atoms with Crippen molar-refractivity contribution in [2.45, 2.75) is 9.79 Å². The van der Waals surface area contributed by atoms with Crippen LogP contribution in [-0.4, -0.2) is 24.8 Å². The van der Waals surface area contributed by atoms with Gasteiger partial charge in [0.25, 0.3) is 20.0 Å². The minimum absolute atomic E-state index is 0.164. The first-order chi connectivity index (χ1) is 18.4. The Bertz CT molecular complexity index is 1890. The van der Waals surface area contributed by atoms with E-state index in [0.29, 0.717) is 22.4 Å². The van der Waals surface area contributed by atoms with Gasteiger partial charge < -0.3 is 0 Å². The number of benzene rings is 4. The Kier molecular flexibility index (Phi) is 5.78. The van der Waals surface area contributed by atoms with Crippen molar-refractivity contribution in [3.05, 3.63) is 133 Å². The van der Waals surface area contributed by atoms with E-state index in [0.717, 1.165) is 10.8 Å². The minimum Gasteiger partial charge on any atom is -0.234 e. The molecule has 6 rings (SSSR count). The van der Waals surface area contributed by atoms with Crippen LogP contribution in [-0.2, 0) is 20.0 Å². The first-order valence-electron chi connectivity index (χ1n) is 11.9. The summed E-state index contributed by atoms with van der Waals surface area (Å²) in [7, 11) is -7.85. The molecule has 0 amide bonds. The second-order valence-electron chi connectivity index (χ2n) is 8.75. The Hall–Kier alpha value is -4.40. The van der Waals surface area contributed by atoms with Crippen molar-refractivity contribution >= 4 is 54.0 Å². The zero-order valence-electron chi connectivity index (χ0n) is 20.0. The number of hydrogen-bond acceptors (Lipinski definition) is 4. The normalized spacial score (nSPS) is 12.5. The first-order valence-corrected chi connectivity index (χ1v) is 14.8. The Morgan fingerprint density at radius 1 is 0.447 bits per heavy atom. The Labute approximate surface area is 220 Å². The molecule has 188 valence electrons. The fourth-order valence-electron chi connectivity index (χ4n) is 4.64. The van der Waals surface area contributed by atoms with Gasteiger partial charge in [-0.2, -0.15) is 0 Å². The molecule has 2 heterocycles. The molecule has 0 bridgehead atoms. The lowest BCUT2D eigenvalue weighted by Crippen LogP contribution is -2.15. The molecule has 0 radical (unpaired) electrons. The minimum atomic E-state index is -3.92. The second-order valence-corrected chi connectivity index (χ2v) is 12.3. The van der Waals surface area contributed by atoms with Crippen LogP contribution in [0.1, 0.15) is 11.4 Å². The Morgan fingerprint density at radius 3 is 1.18 bits per heavy atom. The lowest BCUT2D eigenvalue weighted by atomic mass is 10.2. The van der Waals surface area contributed by atoms with E-state index in [9.17, 15) is 16.8 Å². The molecule has 0 saturated heterocycles. The number of para-hydroxylation sites is 2. The summed E-state index contributed by atoms with van der Waals surface area (Å²) in [5, 5.41) is 1.51. The molecule has 4 aromatic carbocycles. The van der Waals surface area contributed by atoms with Gasteiger partial charge >= 0.3 is 0 Å². The molecule has 0 atom stereocenters. The van der Waals surface area contributed by atoms with E-state index in [2.05, 4.69) is 0 Å². The number of nitrogens with zero attached hydrogens (tertiary/aromatic N) is 2. The zero-order chi connectivity index (χ0) is 26.3. The average Bonchev–Trinajstić information content (AvgIpc) is 3.51. The molecular formula is C30H22N2O4S2. The van der Waals surface area contributed by atoms with E-state index in [-0.39, 0.29) is 9.79 Å².